The van der Waals surface area contributed by atoms with Crippen molar-refractivity contribution >= 4 is 27.0 Å². The van der Waals surface area contributed by atoms with Crippen LogP contribution in [0, 0.1) is 10.1 Å². The van der Waals surface area contributed by atoms with Crippen LogP contribution in [0.4, 0.5) is 5.69 Å². The zero-order valence-electron chi connectivity index (χ0n) is 10.7. The van der Waals surface area contributed by atoms with Gasteiger partial charge in [0.2, 0.25) is 0 Å². The number of benzene rings is 1. The van der Waals surface area contributed by atoms with Crippen LogP contribution in [-0.2, 0) is 10.1 Å². The second-order valence-electron chi connectivity index (χ2n) is 4.23. The molecule has 0 aliphatic carbocycles. The van der Waals surface area contributed by atoms with Crippen LogP contribution in [0.15, 0.2) is 41.4 Å². The van der Waals surface area contributed by atoms with E-state index in [1.54, 1.807) is 12.1 Å². The van der Waals surface area contributed by atoms with Crippen molar-refractivity contribution < 1.29 is 17.9 Å². The highest BCUT2D eigenvalue weighted by Crippen LogP contribution is 2.26. The first kappa shape index (κ1) is 14.0. The molecule has 0 unspecified atom stereocenters. The molecule has 0 amide bonds. The summed E-state index contributed by atoms with van der Waals surface area (Å²) < 4.78 is 33.2. The van der Waals surface area contributed by atoms with E-state index in [1.165, 1.54) is 6.20 Å². The van der Waals surface area contributed by atoms with Gasteiger partial charge in [-0.15, -0.1) is 5.10 Å². The third kappa shape index (κ3) is 2.27. The third-order valence-corrected chi connectivity index (χ3v) is 3.77. The van der Waals surface area contributed by atoms with Crippen LogP contribution in [0.3, 0.4) is 0 Å². The predicted octanol–water partition coefficient (Wildman–Crippen LogP) is 0.970. The monoisotopic (exact) mass is 321 g/mol. The summed E-state index contributed by atoms with van der Waals surface area (Å²) in [6.07, 6.45) is 1.44. The maximum atomic E-state index is 11.5. The van der Waals surface area contributed by atoms with Crippen LogP contribution in [0.5, 0.6) is 0 Å². The molecule has 10 nitrogen and oxygen atoms in total. The number of nitro groups is 1. The number of non-ortho nitro benzene ring substituents is 1. The summed E-state index contributed by atoms with van der Waals surface area (Å²) in [5.74, 6) is 0. The summed E-state index contributed by atoms with van der Waals surface area (Å²) in [6, 6.07) is 6.08. The number of rotatable bonds is 3. The van der Waals surface area contributed by atoms with Crippen molar-refractivity contribution in [2.45, 2.75) is 4.90 Å². The van der Waals surface area contributed by atoms with Crippen molar-refractivity contribution in [3.63, 3.8) is 0 Å². The number of pyridine rings is 1. The molecule has 11 heteroatoms. The Bertz CT molecular complexity index is 997. The van der Waals surface area contributed by atoms with Crippen molar-refractivity contribution in [3.05, 3.63) is 46.6 Å². The second-order valence-corrected chi connectivity index (χ2v) is 5.62. The first-order chi connectivity index (χ1) is 10.4. The average Bonchev–Trinajstić information content (AvgIpc) is 2.89. The molecule has 0 saturated carbocycles. The zero-order valence-corrected chi connectivity index (χ0v) is 11.5. The minimum absolute atomic E-state index is 0.202. The van der Waals surface area contributed by atoms with Gasteiger partial charge < -0.3 is 0 Å². The van der Waals surface area contributed by atoms with Gasteiger partial charge in [-0.25, -0.2) is 4.98 Å². The van der Waals surface area contributed by atoms with Crippen molar-refractivity contribution in [2.75, 3.05) is 0 Å². The first-order valence-electron chi connectivity index (χ1n) is 5.80. The fourth-order valence-electron chi connectivity index (χ4n) is 1.93. The fraction of sp³-hybridized carbons (Fsp3) is 0. The molecule has 0 fully saturated rings. The van der Waals surface area contributed by atoms with E-state index in [2.05, 4.69) is 15.3 Å². The fourth-order valence-corrected chi connectivity index (χ4v) is 2.58. The van der Waals surface area contributed by atoms with Gasteiger partial charge in [-0.05, 0) is 18.2 Å². The molecular formula is C11H7N5O5S. The van der Waals surface area contributed by atoms with Gasteiger partial charge in [0.25, 0.3) is 15.8 Å². The van der Waals surface area contributed by atoms with Gasteiger partial charge in [-0.3, -0.25) is 14.7 Å². The molecule has 112 valence electrons. The van der Waals surface area contributed by atoms with Gasteiger partial charge in [0.05, 0.1) is 10.6 Å². The maximum absolute atomic E-state index is 11.5. The predicted molar refractivity (Wildman–Crippen MR) is 73.1 cm³/mol. The van der Waals surface area contributed by atoms with Crippen LogP contribution in [0.2, 0.25) is 0 Å². The lowest BCUT2D eigenvalue weighted by Gasteiger charge is -2.06. The molecule has 22 heavy (non-hydrogen) atoms. The summed E-state index contributed by atoms with van der Waals surface area (Å²) in [7, 11) is -4.61. The van der Waals surface area contributed by atoms with Gasteiger partial charge in [0.1, 0.15) is 10.4 Å². The van der Waals surface area contributed by atoms with E-state index in [-0.39, 0.29) is 17.0 Å². The van der Waals surface area contributed by atoms with Crippen molar-refractivity contribution in [2.24, 2.45) is 0 Å². The topological polar surface area (TPSA) is 141 Å². The molecule has 2 aromatic heterocycles. The minimum atomic E-state index is -4.61. The van der Waals surface area contributed by atoms with Crippen molar-refractivity contribution in [3.8, 4) is 5.69 Å². The van der Waals surface area contributed by atoms with Crippen LogP contribution < -0.4 is 0 Å². The SMILES string of the molecule is O=[N+]([O-])c1ccc(S(=O)(=O)O)c(-n2nnc3cccnc32)c1. The summed E-state index contributed by atoms with van der Waals surface area (Å²) in [5.41, 5.74) is 0.00285. The van der Waals surface area contributed by atoms with Crippen molar-refractivity contribution in [1.82, 2.24) is 20.0 Å². The van der Waals surface area contributed by atoms with Gasteiger partial charge in [-0.1, -0.05) is 5.21 Å². The van der Waals surface area contributed by atoms with E-state index in [4.69, 9.17) is 0 Å². The van der Waals surface area contributed by atoms with Gasteiger partial charge in [0, 0.05) is 18.3 Å². The second kappa shape index (κ2) is 4.82. The number of hydrogen-bond acceptors (Lipinski definition) is 7. The van der Waals surface area contributed by atoms with E-state index in [1.807, 2.05) is 0 Å². The van der Waals surface area contributed by atoms with E-state index in [0.717, 1.165) is 22.9 Å². The first-order valence-corrected chi connectivity index (χ1v) is 7.24. The van der Waals surface area contributed by atoms with E-state index < -0.39 is 19.9 Å². The molecule has 2 heterocycles. The summed E-state index contributed by atoms with van der Waals surface area (Å²) in [4.78, 5) is 13.7. The molecule has 0 radical (unpaired) electrons. The summed E-state index contributed by atoms with van der Waals surface area (Å²) >= 11 is 0. The molecular weight excluding hydrogens is 314 g/mol. The largest absolute Gasteiger partial charge is 0.296 e. The van der Waals surface area contributed by atoms with Crippen LogP contribution >= 0.6 is 0 Å². The minimum Gasteiger partial charge on any atom is -0.282 e. The molecule has 3 aromatic rings. The average molecular weight is 321 g/mol. The number of fused-ring (bicyclic) bond motifs is 1. The highest BCUT2D eigenvalue weighted by molar-refractivity contribution is 7.86. The Morgan fingerprint density at radius 2 is 2.05 bits per heavy atom. The number of nitrogens with zero attached hydrogens (tertiary/aromatic N) is 5. The maximum Gasteiger partial charge on any atom is 0.296 e. The smallest absolute Gasteiger partial charge is 0.282 e. The molecule has 0 bridgehead atoms. The van der Waals surface area contributed by atoms with E-state index >= 15 is 0 Å². The highest BCUT2D eigenvalue weighted by atomic mass is 32.2. The van der Waals surface area contributed by atoms with Gasteiger partial charge in [0.15, 0.2) is 5.65 Å². The summed E-state index contributed by atoms with van der Waals surface area (Å²) in [5, 5.41) is 18.4. The quantitative estimate of drug-likeness (QED) is 0.427. The standard InChI is InChI=1S/C11H7N5O5S/c17-16(18)7-3-4-10(22(19,20)21)9(6-7)15-11-8(13-14-15)2-1-5-12-11/h1-6H,(H,19,20,21). The molecule has 0 aliphatic rings. The highest BCUT2D eigenvalue weighted by Gasteiger charge is 2.22. The van der Waals surface area contributed by atoms with Gasteiger partial charge in [-0.2, -0.15) is 13.1 Å². The third-order valence-electron chi connectivity index (χ3n) is 2.87. The Balaban J connectivity index is 2.37. The number of aromatic nitrogens is 4. The Morgan fingerprint density at radius 3 is 2.73 bits per heavy atom. The zero-order chi connectivity index (χ0) is 15.9. The lowest BCUT2D eigenvalue weighted by atomic mass is 10.3. The Labute approximate surface area is 122 Å². The molecule has 1 aromatic carbocycles. The Morgan fingerprint density at radius 1 is 1.27 bits per heavy atom. The molecule has 1 N–H and O–H groups in total. The van der Waals surface area contributed by atoms with Gasteiger partial charge >= 0.3 is 0 Å². The van der Waals surface area contributed by atoms with Crippen LogP contribution in [0.25, 0.3) is 16.9 Å². The summed E-state index contributed by atoms with van der Waals surface area (Å²) in [6.45, 7) is 0. The van der Waals surface area contributed by atoms with Crippen molar-refractivity contribution in [1.29, 1.82) is 0 Å². The normalized spacial score (nSPS) is 11.7. The lowest BCUT2D eigenvalue weighted by molar-refractivity contribution is -0.384. The van der Waals surface area contributed by atoms with E-state index in [0.29, 0.717) is 5.52 Å². The van der Waals surface area contributed by atoms with Crippen LogP contribution in [-0.4, -0.2) is 37.9 Å². The molecule has 0 spiro atoms. The Kier molecular flexibility index (Phi) is 3.08. The number of nitro benzene ring substituents is 1. The lowest BCUT2D eigenvalue weighted by Crippen LogP contribution is -2.08. The molecule has 0 saturated heterocycles. The number of hydrogen-bond donors (Lipinski definition) is 1. The van der Waals surface area contributed by atoms with E-state index in [9.17, 15) is 23.1 Å². The molecule has 3 rings (SSSR count). The van der Waals surface area contributed by atoms with Crippen LogP contribution in [0.1, 0.15) is 0 Å². The molecule has 0 atom stereocenters. The Hall–Kier alpha value is -2.92. The molecule has 0 aliphatic heterocycles.